The highest BCUT2D eigenvalue weighted by Crippen LogP contribution is 2.29. The zero-order chi connectivity index (χ0) is 22.0. The molecule has 0 aromatic heterocycles. The summed E-state index contributed by atoms with van der Waals surface area (Å²) in [5.41, 5.74) is 3.35. The Bertz CT molecular complexity index is 1060. The molecule has 31 heavy (non-hydrogen) atoms. The molecule has 4 rings (SSSR count). The standard InChI is InChI=1S/C24H29ClN2O3S/c1-26(17-21-8-4-5-9-23(21)25)24(28)19-12-14-27(15-13-19)31(29,30)22-11-10-18-6-2-3-7-20(18)16-22/h4-5,8-11,16,19H,2-3,6-7,12-15,17H2,1H3. The van der Waals surface area contributed by atoms with E-state index in [2.05, 4.69) is 0 Å². The van der Waals surface area contributed by atoms with Gasteiger partial charge in [-0.15, -0.1) is 0 Å². The first kappa shape index (κ1) is 22.3. The van der Waals surface area contributed by atoms with Crippen molar-refractivity contribution in [1.29, 1.82) is 0 Å². The van der Waals surface area contributed by atoms with Crippen LogP contribution in [-0.4, -0.2) is 43.7 Å². The Morgan fingerprint density at radius 1 is 1.06 bits per heavy atom. The van der Waals surface area contributed by atoms with Crippen LogP contribution >= 0.6 is 11.6 Å². The fourth-order valence-electron chi connectivity index (χ4n) is 4.63. The van der Waals surface area contributed by atoms with Crippen LogP contribution < -0.4 is 0 Å². The highest BCUT2D eigenvalue weighted by atomic mass is 35.5. The Morgan fingerprint density at radius 3 is 2.45 bits per heavy atom. The SMILES string of the molecule is CN(Cc1ccccc1Cl)C(=O)C1CCN(S(=O)(=O)c2ccc3c(c2)CCCC3)CC1. The molecule has 1 aliphatic heterocycles. The van der Waals surface area contributed by atoms with Crippen molar-refractivity contribution >= 4 is 27.5 Å². The molecular formula is C24H29ClN2O3S. The molecule has 2 aliphatic rings. The van der Waals surface area contributed by atoms with Crippen LogP contribution in [0.3, 0.4) is 0 Å². The van der Waals surface area contributed by atoms with Gasteiger partial charge in [0.05, 0.1) is 4.90 Å². The molecule has 0 N–H and O–H groups in total. The van der Waals surface area contributed by atoms with E-state index in [9.17, 15) is 13.2 Å². The molecule has 1 fully saturated rings. The van der Waals surface area contributed by atoms with E-state index in [0.29, 0.717) is 42.4 Å². The predicted octanol–water partition coefficient (Wildman–Crippen LogP) is 4.28. The highest BCUT2D eigenvalue weighted by molar-refractivity contribution is 7.89. The van der Waals surface area contributed by atoms with Crippen molar-refractivity contribution < 1.29 is 13.2 Å². The summed E-state index contributed by atoms with van der Waals surface area (Å²) in [6.07, 6.45) is 5.35. The van der Waals surface area contributed by atoms with Gasteiger partial charge in [0.2, 0.25) is 15.9 Å². The van der Waals surface area contributed by atoms with Gasteiger partial charge in [-0.2, -0.15) is 4.31 Å². The molecule has 1 amide bonds. The fraction of sp³-hybridized carbons (Fsp3) is 0.458. The van der Waals surface area contributed by atoms with E-state index in [4.69, 9.17) is 11.6 Å². The van der Waals surface area contributed by atoms with Crippen LogP contribution in [0.5, 0.6) is 0 Å². The number of fused-ring (bicyclic) bond motifs is 1. The maximum Gasteiger partial charge on any atom is 0.243 e. The summed E-state index contributed by atoms with van der Waals surface area (Å²) in [6, 6.07) is 13.1. The molecule has 5 nitrogen and oxygen atoms in total. The minimum absolute atomic E-state index is 0.0470. The van der Waals surface area contributed by atoms with Crippen LogP contribution in [0.15, 0.2) is 47.4 Å². The van der Waals surface area contributed by atoms with Gasteiger partial charge >= 0.3 is 0 Å². The van der Waals surface area contributed by atoms with Crippen LogP contribution in [0.1, 0.15) is 42.4 Å². The van der Waals surface area contributed by atoms with Gasteiger partial charge in [0, 0.05) is 37.6 Å². The Kier molecular flexibility index (Phi) is 6.70. The minimum atomic E-state index is -3.53. The number of amides is 1. The molecule has 0 saturated carbocycles. The molecule has 2 aromatic carbocycles. The molecule has 166 valence electrons. The second-order valence-electron chi connectivity index (χ2n) is 8.60. The minimum Gasteiger partial charge on any atom is -0.341 e. The zero-order valence-electron chi connectivity index (χ0n) is 17.9. The number of aryl methyl sites for hydroxylation is 2. The van der Waals surface area contributed by atoms with E-state index >= 15 is 0 Å². The first-order chi connectivity index (χ1) is 14.9. The van der Waals surface area contributed by atoms with Gasteiger partial charge in [-0.05, 0) is 73.4 Å². The molecule has 0 atom stereocenters. The molecular weight excluding hydrogens is 432 g/mol. The van der Waals surface area contributed by atoms with Crippen molar-refractivity contribution in [3.8, 4) is 0 Å². The molecule has 0 radical (unpaired) electrons. The van der Waals surface area contributed by atoms with Gasteiger partial charge in [0.25, 0.3) is 0 Å². The first-order valence-electron chi connectivity index (χ1n) is 11.0. The lowest BCUT2D eigenvalue weighted by atomic mass is 9.92. The Hall–Kier alpha value is -1.89. The van der Waals surface area contributed by atoms with E-state index in [1.54, 1.807) is 18.0 Å². The summed E-state index contributed by atoms with van der Waals surface area (Å²) in [6.45, 7) is 1.19. The van der Waals surface area contributed by atoms with Crippen LogP contribution in [0.25, 0.3) is 0 Å². The molecule has 0 bridgehead atoms. The Morgan fingerprint density at radius 2 is 1.74 bits per heavy atom. The van der Waals surface area contributed by atoms with Gasteiger partial charge in [-0.3, -0.25) is 4.79 Å². The quantitative estimate of drug-likeness (QED) is 0.669. The maximum atomic E-state index is 13.2. The van der Waals surface area contributed by atoms with E-state index in [1.807, 2.05) is 36.4 Å². The second kappa shape index (κ2) is 9.31. The summed E-state index contributed by atoms with van der Waals surface area (Å²) in [5, 5.41) is 0.646. The van der Waals surface area contributed by atoms with Gasteiger partial charge in [-0.1, -0.05) is 35.9 Å². The third kappa shape index (κ3) is 4.81. The maximum absolute atomic E-state index is 13.2. The predicted molar refractivity (Wildman–Crippen MR) is 122 cm³/mol. The van der Waals surface area contributed by atoms with Gasteiger partial charge in [0.1, 0.15) is 0 Å². The van der Waals surface area contributed by atoms with Gasteiger partial charge in [-0.25, -0.2) is 8.42 Å². The topological polar surface area (TPSA) is 57.7 Å². The number of nitrogens with zero attached hydrogens (tertiary/aromatic N) is 2. The van der Waals surface area contributed by atoms with E-state index in [1.165, 1.54) is 21.9 Å². The van der Waals surface area contributed by atoms with Crippen molar-refractivity contribution in [2.45, 2.75) is 50.0 Å². The zero-order valence-corrected chi connectivity index (χ0v) is 19.5. The highest BCUT2D eigenvalue weighted by Gasteiger charge is 2.33. The lowest BCUT2D eigenvalue weighted by Crippen LogP contribution is -2.43. The fourth-order valence-corrected chi connectivity index (χ4v) is 6.35. The van der Waals surface area contributed by atoms with E-state index in [0.717, 1.165) is 24.8 Å². The average Bonchev–Trinajstić information content (AvgIpc) is 2.79. The Balaban J connectivity index is 1.38. The molecule has 1 aliphatic carbocycles. The normalized spacial score (nSPS) is 17.9. The molecule has 2 aromatic rings. The van der Waals surface area contributed by atoms with Gasteiger partial charge in [0.15, 0.2) is 0 Å². The summed E-state index contributed by atoms with van der Waals surface area (Å²) in [7, 11) is -1.75. The number of halogens is 1. The van der Waals surface area contributed by atoms with Crippen LogP contribution in [0, 0.1) is 5.92 Å². The first-order valence-corrected chi connectivity index (χ1v) is 12.8. The third-order valence-corrected chi connectivity index (χ3v) is 8.77. The number of sulfonamides is 1. The Labute approximate surface area is 190 Å². The third-order valence-electron chi connectivity index (χ3n) is 6.50. The monoisotopic (exact) mass is 460 g/mol. The second-order valence-corrected chi connectivity index (χ2v) is 10.9. The number of rotatable bonds is 5. The molecule has 1 saturated heterocycles. The summed E-state index contributed by atoms with van der Waals surface area (Å²) >= 11 is 6.22. The van der Waals surface area contributed by atoms with Crippen molar-refractivity contribution in [2.75, 3.05) is 20.1 Å². The molecule has 0 spiro atoms. The molecule has 7 heteroatoms. The summed E-state index contributed by atoms with van der Waals surface area (Å²) in [5.74, 6) is -0.117. The van der Waals surface area contributed by atoms with Crippen molar-refractivity contribution in [3.05, 3.63) is 64.2 Å². The number of carbonyl (C=O) groups excluding carboxylic acids is 1. The van der Waals surface area contributed by atoms with Crippen molar-refractivity contribution in [2.24, 2.45) is 5.92 Å². The van der Waals surface area contributed by atoms with E-state index < -0.39 is 10.0 Å². The molecule has 1 heterocycles. The van der Waals surface area contributed by atoms with Gasteiger partial charge < -0.3 is 4.90 Å². The van der Waals surface area contributed by atoms with Crippen molar-refractivity contribution in [3.63, 3.8) is 0 Å². The molecule has 0 unspecified atom stereocenters. The smallest absolute Gasteiger partial charge is 0.243 e. The number of carbonyl (C=O) groups is 1. The van der Waals surface area contributed by atoms with Crippen LogP contribution in [-0.2, 0) is 34.2 Å². The summed E-state index contributed by atoms with van der Waals surface area (Å²) < 4.78 is 27.9. The summed E-state index contributed by atoms with van der Waals surface area (Å²) in [4.78, 5) is 15.0. The average molecular weight is 461 g/mol. The number of hydrogen-bond donors (Lipinski definition) is 0. The number of hydrogen-bond acceptors (Lipinski definition) is 3. The van der Waals surface area contributed by atoms with Crippen LogP contribution in [0.4, 0.5) is 0 Å². The van der Waals surface area contributed by atoms with Crippen molar-refractivity contribution in [1.82, 2.24) is 9.21 Å². The van der Waals surface area contributed by atoms with Crippen LogP contribution in [0.2, 0.25) is 5.02 Å². The van der Waals surface area contributed by atoms with E-state index in [-0.39, 0.29) is 11.8 Å². The lowest BCUT2D eigenvalue weighted by Gasteiger charge is -2.33. The lowest BCUT2D eigenvalue weighted by molar-refractivity contribution is -0.135. The number of benzene rings is 2. The largest absolute Gasteiger partial charge is 0.341 e. The number of piperidine rings is 1.